The third-order valence-electron chi connectivity index (χ3n) is 4.77. The van der Waals surface area contributed by atoms with Gasteiger partial charge in [0, 0.05) is 30.4 Å². The number of unbranched alkanes of at least 4 members (excludes halogenated alkanes) is 1. The highest BCUT2D eigenvalue weighted by atomic mass is 16.3. The van der Waals surface area contributed by atoms with Gasteiger partial charge in [0.15, 0.2) is 0 Å². The van der Waals surface area contributed by atoms with Crippen molar-refractivity contribution in [2.75, 3.05) is 26.2 Å². The third-order valence-corrected chi connectivity index (χ3v) is 4.77. The average molecular weight is 294 g/mol. The van der Waals surface area contributed by atoms with E-state index < -0.39 is 0 Å². The minimum absolute atomic E-state index is 0.315. The smallest absolute Gasteiger partial charge is 0.0586 e. The van der Waals surface area contributed by atoms with Crippen LogP contribution in [0.3, 0.4) is 0 Å². The van der Waals surface area contributed by atoms with Gasteiger partial charge in [-0.2, -0.15) is 5.10 Å². The predicted molar refractivity (Wildman–Crippen MR) is 85.3 cm³/mol. The molecule has 1 aromatic heterocycles. The summed E-state index contributed by atoms with van der Waals surface area (Å²) >= 11 is 0. The number of rotatable bonds is 8. The van der Waals surface area contributed by atoms with Gasteiger partial charge in [-0.3, -0.25) is 9.58 Å². The fraction of sp³-hybridized carbons (Fsp3) is 0.812. The molecule has 2 unspecified atom stereocenters. The van der Waals surface area contributed by atoms with E-state index in [1.165, 1.54) is 30.5 Å². The highest BCUT2D eigenvalue weighted by molar-refractivity contribution is 5.19. The minimum Gasteiger partial charge on any atom is -0.395 e. The molecule has 1 aliphatic rings. The Morgan fingerprint density at radius 1 is 1.48 bits per heavy atom. The lowest BCUT2D eigenvalue weighted by Gasteiger charge is -2.22. The monoisotopic (exact) mass is 294 g/mol. The van der Waals surface area contributed by atoms with Crippen molar-refractivity contribution in [3.8, 4) is 0 Å². The van der Waals surface area contributed by atoms with Crippen LogP contribution in [0.5, 0.6) is 0 Å². The average Bonchev–Trinajstić information content (AvgIpc) is 3.06. The molecule has 21 heavy (non-hydrogen) atoms. The first-order valence-electron chi connectivity index (χ1n) is 8.20. The number of aromatic nitrogens is 2. The summed E-state index contributed by atoms with van der Waals surface area (Å²) in [5.41, 5.74) is 2.52. The van der Waals surface area contributed by atoms with E-state index in [0.717, 1.165) is 26.1 Å². The zero-order valence-corrected chi connectivity index (χ0v) is 13.7. The van der Waals surface area contributed by atoms with Crippen LogP contribution in [0.25, 0.3) is 0 Å². The van der Waals surface area contributed by atoms with Gasteiger partial charge in [0.25, 0.3) is 0 Å². The van der Waals surface area contributed by atoms with Gasteiger partial charge >= 0.3 is 0 Å². The summed E-state index contributed by atoms with van der Waals surface area (Å²) in [7, 11) is 1.99. The zero-order chi connectivity index (χ0) is 15.2. The van der Waals surface area contributed by atoms with E-state index >= 15 is 0 Å². The Balaban J connectivity index is 1.62. The van der Waals surface area contributed by atoms with Crippen molar-refractivity contribution in [2.45, 2.75) is 51.6 Å². The van der Waals surface area contributed by atoms with Crippen molar-refractivity contribution in [2.24, 2.45) is 7.05 Å². The summed E-state index contributed by atoms with van der Waals surface area (Å²) in [6, 6.07) is 0.769. The molecule has 1 fully saturated rings. The van der Waals surface area contributed by atoms with Gasteiger partial charge in [-0.15, -0.1) is 0 Å². The lowest BCUT2D eigenvalue weighted by atomic mass is 10.1. The molecule has 5 nitrogen and oxygen atoms in total. The second-order valence-electron chi connectivity index (χ2n) is 6.21. The summed E-state index contributed by atoms with van der Waals surface area (Å²) < 4.78 is 1.93. The Morgan fingerprint density at radius 3 is 2.95 bits per heavy atom. The molecular formula is C16H30N4O. The molecule has 120 valence electrons. The third kappa shape index (κ3) is 4.28. The first-order chi connectivity index (χ1) is 10.1. The van der Waals surface area contributed by atoms with E-state index in [0.29, 0.717) is 18.7 Å². The normalized spacial score (nSPS) is 21.0. The van der Waals surface area contributed by atoms with Crippen LogP contribution in [0.4, 0.5) is 0 Å². The number of hydrogen-bond acceptors (Lipinski definition) is 4. The van der Waals surface area contributed by atoms with Crippen LogP contribution in [0.2, 0.25) is 0 Å². The van der Waals surface area contributed by atoms with Crippen molar-refractivity contribution in [3.63, 3.8) is 0 Å². The standard InChI is InChI=1S/C16H30N4O/c1-13(16-11-18-19(3)14(16)2)17-8-4-5-9-20-10-6-7-15(20)12-21/h11,13,15,17,21H,4-10,12H2,1-3H3. The Kier molecular flexibility index (Phi) is 6.21. The zero-order valence-electron chi connectivity index (χ0n) is 13.7. The summed E-state index contributed by atoms with van der Waals surface area (Å²) in [4.78, 5) is 2.44. The maximum atomic E-state index is 9.30. The van der Waals surface area contributed by atoms with Crippen LogP contribution in [0.15, 0.2) is 6.20 Å². The van der Waals surface area contributed by atoms with Gasteiger partial charge in [-0.05, 0) is 59.2 Å². The molecule has 0 aliphatic carbocycles. The molecule has 1 saturated heterocycles. The van der Waals surface area contributed by atoms with Gasteiger partial charge in [-0.25, -0.2) is 0 Å². The van der Waals surface area contributed by atoms with Gasteiger partial charge in [0.05, 0.1) is 12.8 Å². The van der Waals surface area contributed by atoms with E-state index in [1.54, 1.807) is 0 Å². The maximum absolute atomic E-state index is 9.30. The molecule has 2 rings (SSSR count). The molecule has 1 aliphatic heterocycles. The quantitative estimate of drug-likeness (QED) is 0.715. The van der Waals surface area contributed by atoms with E-state index in [1.807, 2.05) is 17.9 Å². The Bertz CT molecular complexity index is 432. The molecule has 2 N–H and O–H groups in total. The molecule has 0 amide bonds. The van der Waals surface area contributed by atoms with Gasteiger partial charge in [0.1, 0.15) is 0 Å². The van der Waals surface area contributed by atoms with Crippen molar-refractivity contribution in [1.29, 1.82) is 0 Å². The summed E-state index contributed by atoms with van der Waals surface area (Å²) in [6.45, 7) is 7.94. The van der Waals surface area contributed by atoms with Crippen LogP contribution in [0, 0.1) is 6.92 Å². The first kappa shape index (κ1) is 16.5. The van der Waals surface area contributed by atoms with Crippen molar-refractivity contribution < 1.29 is 5.11 Å². The number of hydrogen-bond donors (Lipinski definition) is 2. The summed E-state index contributed by atoms with van der Waals surface area (Å²) in [5, 5.41) is 17.2. The van der Waals surface area contributed by atoms with Crippen LogP contribution in [-0.2, 0) is 7.05 Å². The van der Waals surface area contributed by atoms with E-state index in [-0.39, 0.29) is 0 Å². The molecular weight excluding hydrogens is 264 g/mol. The molecule has 5 heteroatoms. The van der Waals surface area contributed by atoms with Gasteiger partial charge in [0.2, 0.25) is 0 Å². The largest absolute Gasteiger partial charge is 0.395 e. The molecule has 1 aromatic rings. The number of aliphatic hydroxyl groups excluding tert-OH is 1. The SMILES string of the molecule is Cc1c(C(C)NCCCCN2CCCC2CO)cnn1C. The lowest BCUT2D eigenvalue weighted by Crippen LogP contribution is -2.33. The van der Waals surface area contributed by atoms with Crippen LogP contribution in [0.1, 0.15) is 49.9 Å². The number of likely N-dealkylation sites (tertiary alicyclic amines) is 1. The maximum Gasteiger partial charge on any atom is 0.0586 e. The van der Waals surface area contributed by atoms with Crippen LogP contribution in [-0.4, -0.2) is 52.1 Å². The second kappa shape index (κ2) is 7.92. The number of aliphatic hydroxyl groups is 1. The van der Waals surface area contributed by atoms with Gasteiger partial charge in [-0.1, -0.05) is 0 Å². The van der Waals surface area contributed by atoms with E-state index in [4.69, 9.17) is 0 Å². The van der Waals surface area contributed by atoms with Crippen LogP contribution >= 0.6 is 0 Å². The first-order valence-corrected chi connectivity index (χ1v) is 8.20. The van der Waals surface area contributed by atoms with Crippen molar-refractivity contribution >= 4 is 0 Å². The van der Waals surface area contributed by atoms with E-state index in [2.05, 4.69) is 29.2 Å². The van der Waals surface area contributed by atoms with Gasteiger partial charge < -0.3 is 10.4 Å². The second-order valence-corrected chi connectivity index (χ2v) is 6.21. The fourth-order valence-electron chi connectivity index (χ4n) is 3.21. The Labute approximate surface area is 128 Å². The number of aryl methyl sites for hydroxylation is 1. The van der Waals surface area contributed by atoms with Crippen molar-refractivity contribution in [3.05, 3.63) is 17.5 Å². The molecule has 0 radical (unpaired) electrons. The number of nitrogens with zero attached hydrogens (tertiary/aromatic N) is 3. The summed E-state index contributed by atoms with van der Waals surface area (Å²) in [6.07, 6.45) is 6.73. The molecule has 0 saturated carbocycles. The van der Waals surface area contributed by atoms with E-state index in [9.17, 15) is 5.11 Å². The van der Waals surface area contributed by atoms with Crippen LogP contribution < -0.4 is 5.32 Å². The minimum atomic E-state index is 0.315. The Hall–Kier alpha value is -0.910. The fourth-order valence-corrected chi connectivity index (χ4v) is 3.21. The lowest BCUT2D eigenvalue weighted by molar-refractivity contribution is 0.157. The Morgan fingerprint density at radius 2 is 2.29 bits per heavy atom. The highest BCUT2D eigenvalue weighted by Gasteiger charge is 2.22. The molecule has 2 heterocycles. The topological polar surface area (TPSA) is 53.3 Å². The highest BCUT2D eigenvalue weighted by Crippen LogP contribution is 2.18. The summed E-state index contributed by atoms with van der Waals surface area (Å²) in [5.74, 6) is 0. The molecule has 2 atom stereocenters. The molecule has 0 bridgehead atoms. The molecule has 0 aromatic carbocycles. The number of nitrogens with one attached hydrogen (secondary N) is 1. The molecule has 0 spiro atoms. The van der Waals surface area contributed by atoms with Crippen molar-refractivity contribution in [1.82, 2.24) is 20.0 Å². The predicted octanol–water partition coefficient (Wildman–Crippen LogP) is 1.62.